The molecule has 11 heteroatoms. The Morgan fingerprint density at radius 2 is 2.08 bits per heavy atom. The van der Waals surface area contributed by atoms with Crippen LogP contribution in [0.2, 0.25) is 0 Å². The number of nitrogens with zero attached hydrogens (tertiary/aromatic N) is 6. The summed E-state index contributed by atoms with van der Waals surface area (Å²) in [6.45, 7) is 3.55. The van der Waals surface area contributed by atoms with E-state index in [2.05, 4.69) is 21.8 Å². The maximum absolute atomic E-state index is 14.1. The normalized spacial score (nSPS) is 17.6. The van der Waals surface area contributed by atoms with Crippen LogP contribution in [0.3, 0.4) is 0 Å². The van der Waals surface area contributed by atoms with Gasteiger partial charge in [0.2, 0.25) is 5.88 Å². The van der Waals surface area contributed by atoms with Crippen molar-refractivity contribution in [3.05, 3.63) is 77.3 Å². The maximum atomic E-state index is 14.1. The fourth-order valence-corrected chi connectivity index (χ4v) is 4.73. The average Bonchev–Trinajstić information content (AvgIpc) is 3.24. The Kier molecular flexibility index (Phi) is 7.38. The van der Waals surface area contributed by atoms with Crippen LogP contribution < -0.4 is 9.47 Å². The molecule has 200 valence electrons. The number of nitriles is 1. The minimum Gasteiger partial charge on any atom is -0.483 e. The number of hydrogen-bond donors (Lipinski definition) is 1. The summed E-state index contributed by atoms with van der Waals surface area (Å²) < 4.78 is 27.7. The van der Waals surface area contributed by atoms with E-state index in [-0.39, 0.29) is 35.6 Å². The van der Waals surface area contributed by atoms with E-state index < -0.39 is 11.8 Å². The fraction of sp³-hybridized carbons (Fsp3) is 0.321. The lowest BCUT2D eigenvalue weighted by Gasteiger charge is -2.37. The Morgan fingerprint density at radius 3 is 2.82 bits per heavy atom. The molecule has 1 aliphatic heterocycles. The second-order valence-electron chi connectivity index (χ2n) is 9.54. The van der Waals surface area contributed by atoms with Crippen LogP contribution in [-0.4, -0.2) is 54.2 Å². The second-order valence-corrected chi connectivity index (χ2v) is 9.54. The summed E-state index contributed by atoms with van der Waals surface area (Å²) in [4.78, 5) is 27.0. The van der Waals surface area contributed by atoms with E-state index in [1.807, 2.05) is 17.7 Å². The number of piperidine rings is 1. The van der Waals surface area contributed by atoms with Crippen molar-refractivity contribution in [2.75, 3.05) is 6.54 Å². The number of benzene rings is 2. The molecule has 0 spiro atoms. The number of aromatic nitrogens is 4. The van der Waals surface area contributed by atoms with Crippen LogP contribution in [0.5, 0.6) is 11.6 Å². The molecular weight excluding hydrogens is 503 g/mol. The van der Waals surface area contributed by atoms with Gasteiger partial charge in [-0.25, -0.2) is 19.2 Å². The molecule has 0 saturated carbocycles. The number of carboxylic acids is 1. The van der Waals surface area contributed by atoms with E-state index in [9.17, 15) is 14.3 Å². The van der Waals surface area contributed by atoms with Crippen LogP contribution in [0.1, 0.15) is 47.3 Å². The van der Waals surface area contributed by atoms with Gasteiger partial charge in [-0.05, 0) is 56.2 Å². The van der Waals surface area contributed by atoms with Gasteiger partial charge in [0.1, 0.15) is 18.5 Å². The minimum absolute atomic E-state index is 0.0213. The number of carbonyl (C=O) groups is 1. The highest BCUT2D eigenvalue weighted by Gasteiger charge is 2.28. The van der Waals surface area contributed by atoms with Gasteiger partial charge in [0.15, 0.2) is 17.4 Å². The predicted molar refractivity (Wildman–Crippen MR) is 139 cm³/mol. The minimum atomic E-state index is -0.959. The van der Waals surface area contributed by atoms with E-state index in [1.54, 1.807) is 30.5 Å². The largest absolute Gasteiger partial charge is 0.483 e. The molecule has 0 radical (unpaired) electrons. The number of rotatable bonds is 8. The van der Waals surface area contributed by atoms with E-state index in [1.165, 1.54) is 12.1 Å². The molecule has 0 aliphatic carbocycles. The average molecular weight is 531 g/mol. The van der Waals surface area contributed by atoms with Crippen LogP contribution in [0.15, 0.2) is 48.7 Å². The molecule has 1 aliphatic rings. The summed E-state index contributed by atoms with van der Waals surface area (Å²) in [5, 5.41) is 18.2. The van der Waals surface area contributed by atoms with E-state index >= 15 is 0 Å². The molecule has 2 unspecified atom stereocenters. The molecule has 3 heterocycles. The first-order chi connectivity index (χ1) is 18.8. The third kappa shape index (κ3) is 5.81. The lowest BCUT2D eigenvalue weighted by molar-refractivity contribution is 0.0538. The zero-order chi connectivity index (χ0) is 27.5. The highest BCUT2D eigenvalue weighted by molar-refractivity contribution is 5.92. The highest BCUT2D eigenvalue weighted by atomic mass is 19.1. The number of hydrogen-bond acceptors (Lipinski definition) is 8. The van der Waals surface area contributed by atoms with Crippen molar-refractivity contribution in [3.8, 4) is 17.7 Å². The predicted octanol–water partition coefficient (Wildman–Crippen LogP) is 4.08. The first-order valence-electron chi connectivity index (χ1n) is 12.5. The molecule has 2 atom stereocenters. The smallest absolute Gasteiger partial charge is 0.335 e. The number of aryl methyl sites for hydroxylation is 1. The van der Waals surface area contributed by atoms with Crippen molar-refractivity contribution >= 4 is 17.0 Å². The lowest BCUT2D eigenvalue weighted by Crippen LogP contribution is -2.44. The number of halogens is 1. The SMILES string of the molecule is CC1CC(Oc2ccnc(COc3ccc(C#N)cc3F)n2)CCN1Cc1nc2ccc(C(=O)O)cc2n1C. The molecule has 2 aromatic heterocycles. The van der Waals surface area contributed by atoms with Crippen molar-refractivity contribution in [1.82, 2.24) is 24.4 Å². The number of imidazole rings is 1. The van der Waals surface area contributed by atoms with E-state index in [0.29, 0.717) is 18.2 Å². The number of ether oxygens (including phenoxy) is 2. The van der Waals surface area contributed by atoms with Gasteiger partial charge < -0.3 is 19.1 Å². The van der Waals surface area contributed by atoms with Gasteiger partial charge in [-0.15, -0.1) is 0 Å². The highest BCUT2D eigenvalue weighted by Crippen LogP contribution is 2.25. The van der Waals surface area contributed by atoms with Gasteiger partial charge in [0.05, 0.1) is 34.8 Å². The summed E-state index contributed by atoms with van der Waals surface area (Å²) in [7, 11) is 1.91. The molecule has 39 heavy (non-hydrogen) atoms. The van der Waals surface area contributed by atoms with Crippen LogP contribution in [0.4, 0.5) is 4.39 Å². The zero-order valence-corrected chi connectivity index (χ0v) is 21.5. The summed E-state index contributed by atoms with van der Waals surface area (Å²) in [5.41, 5.74) is 2.02. The van der Waals surface area contributed by atoms with Gasteiger partial charge >= 0.3 is 5.97 Å². The van der Waals surface area contributed by atoms with Gasteiger partial charge in [-0.2, -0.15) is 10.2 Å². The van der Waals surface area contributed by atoms with Crippen molar-refractivity contribution in [2.24, 2.45) is 7.05 Å². The molecule has 2 aromatic carbocycles. The van der Waals surface area contributed by atoms with Crippen LogP contribution in [0.25, 0.3) is 11.0 Å². The Labute approximate surface area is 224 Å². The standard InChI is InChI=1S/C28H27FN6O4/c1-17-11-20(8-10-35(17)15-26-32-22-5-4-19(28(36)37)13-23(22)34(26)2)39-27-7-9-31-25(33-27)16-38-24-6-3-18(14-30)12-21(24)29/h3-7,9,12-13,17,20H,8,10-11,15-16H2,1-2H3,(H,36,37). The van der Waals surface area contributed by atoms with Crippen molar-refractivity contribution in [2.45, 2.75) is 45.1 Å². The molecule has 1 fully saturated rings. The lowest BCUT2D eigenvalue weighted by atomic mass is 10.0. The summed E-state index contributed by atoms with van der Waals surface area (Å²) in [6, 6.07) is 12.8. The summed E-state index contributed by atoms with van der Waals surface area (Å²) in [5.74, 6) is 0.101. The Balaban J connectivity index is 1.18. The zero-order valence-electron chi connectivity index (χ0n) is 21.5. The van der Waals surface area contributed by atoms with Gasteiger partial charge in [0.25, 0.3) is 0 Å². The first-order valence-corrected chi connectivity index (χ1v) is 12.5. The second kappa shape index (κ2) is 11.0. The third-order valence-electron chi connectivity index (χ3n) is 6.92. The summed E-state index contributed by atoms with van der Waals surface area (Å²) >= 11 is 0. The van der Waals surface area contributed by atoms with Gasteiger partial charge in [0, 0.05) is 31.9 Å². The molecule has 4 aromatic rings. The van der Waals surface area contributed by atoms with Gasteiger partial charge in [-0.3, -0.25) is 4.90 Å². The number of fused-ring (bicyclic) bond motifs is 1. The van der Waals surface area contributed by atoms with Gasteiger partial charge in [-0.1, -0.05) is 0 Å². The Bertz CT molecular complexity index is 1570. The molecule has 1 N–H and O–H groups in total. The Hall–Kier alpha value is -4.56. The summed E-state index contributed by atoms with van der Waals surface area (Å²) in [6.07, 6.45) is 3.13. The first kappa shape index (κ1) is 26.1. The maximum Gasteiger partial charge on any atom is 0.335 e. The van der Waals surface area contributed by atoms with E-state index in [4.69, 9.17) is 19.7 Å². The molecule has 0 bridgehead atoms. The molecular formula is C28H27FN6O4. The van der Waals surface area contributed by atoms with Crippen molar-refractivity contribution in [3.63, 3.8) is 0 Å². The molecule has 1 saturated heterocycles. The molecule has 5 rings (SSSR count). The number of aromatic carboxylic acids is 1. The number of carboxylic acid groups (broad SMARTS) is 1. The van der Waals surface area contributed by atoms with Crippen LogP contribution in [0, 0.1) is 17.1 Å². The van der Waals surface area contributed by atoms with Crippen molar-refractivity contribution < 1.29 is 23.8 Å². The topological polar surface area (TPSA) is 126 Å². The Morgan fingerprint density at radius 1 is 1.23 bits per heavy atom. The van der Waals surface area contributed by atoms with Crippen molar-refractivity contribution in [1.29, 1.82) is 5.26 Å². The molecule has 0 amide bonds. The quantitative estimate of drug-likeness (QED) is 0.358. The fourth-order valence-electron chi connectivity index (χ4n) is 4.73. The van der Waals surface area contributed by atoms with E-state index in [0.717, 1.165) is 42.3 Å². The third-order valence-corrected chi connectivity index (χ3v) is 6.92. The monoisotopic (exact) mass is 530 g/mol. The number of likely N-dealkylation sites (tertiary alicyclic amines) is 1. The molecule has 10 nitrogen and oxygen atoms in total. The van der Waals surface area contributed by atoms with Crippen LogP contribution in [-0.2, 0) is 20.2 Å². The van der Waals surface area contributed by atoms with Crippen LogP contribution >= 0.6 is 0 Å².